The maximum atomic E-state index is 12.2. The maximum absolute atomic E-state index is 12.2. The molecule has 0 bridgehead atoms. The average Bonchev–Trinajstić information content (AvgIpc) is 3.05. The van der Waals surface area contributed by atoms with Crippen LogP contribution in [0.15, 0.2) is 48.7 Å². The van der Waals surface area contributed by atoms with Crippen molar-refractivity contribution in [1.82, 2.24) is 4.98 Å². The Morgan fingerprint density at radius 1 is 1.23 bits per heavy atom. The number of nitrogens with zero attached hydrogens (tertiary/aromatic N) is 2. The predicted octanol–water partition coefficient (Wildman–Crippen LogP) is 5.45. The van der Waals surface area contributed by atoms with E-state index in [-0.39, 0.29) is 5.82 Å². The summed E-state index contributed by atoms with van der Waals surface area (Å²) in [6, 6.07) is 10.1. The predicted molar refractivity (Wildman–Crippen MR) is 110 cm³/mol. The minimum absolute atomic E-state index is 0.240. The fourth-order valence-corrected chi connectivity index (χ4v) is 3.20. The zero-order valence-corrected chi connectivity index (χ0v) is 16.6. The topological polar surface area (TPSA) is 37.4 Å². The molecule has 0 saturated carbocycles. The van der Waals surface area contributed by atoms with Gasteiger partial charge in [-0.05, 0) is 49.7 Å². The number of fused-ring (bicyclic) bond motifs is 1. The lowest BCUT2D eigenvalue weighted by Gasteiger charge is -2.21. The van der Waals surface area contributed by atoms with Gasteiger partial charge in [0.15, 0.2) is 5.13 Å². The molecule has 1 aromatic heterocycles. The smallest absolute Gasteiger partial charge is 0.183 e. The second kappa shape index (κ2) is 8.67. The first-order chi connectivity index (χ1) is 12.4. The summed E-state index contributed by atoms with van der Waals surface area (Å²) in [5, 5.41) is 4.04. The first-order valence-electron chi connectivity index (χ1n) is 8.14. The van der Waals surface area contributed by atoms with Crippen molar-refractivity contribution >= 4 is 32.4 Å². The van der Waals surface area contributed by atoms with Crippen LogP contribution >= 0.6 is 11.3 Å². The van der Waals surface area contributed by atoms with Gasteiger partial charge in [0.25, 0.3) is 0 Å². The molecule has 0 fully saturated rings. The lowest BCUT2D eigenvalue weighted by atomic mass is 10.1. The van der Waals surface area contributed by atoms with Crippen molar-refractivity contribution in [2.24, 2.45) is 0 Å². The Labute approximate surface area is 157 Å². The van der Waals surface area contributed by atoms with Crippen LogP contribution in [0, 0.1) is 12.7 Å². The Kier molecular flexibility index (Phi) is 6.58. The van der Waals surface area contributed by atoms with Gasteiger partial charge in [-0.25, -0.2) is 9.37 Å². The van der Waals surface area contributed by atoms with E-state index in [4.69, 9.17) is 4.74 Å². The molecule has 0 saturated heterocycles. The van der Waals surface area contributed by atoms with Crippen molar-refractivity contribution in [3.8, 4) is 5.75 Å². The third-order valence-electron chi connectivity index (χ3n) is 3.91. The summed E-state index contributed by atoms with van der Waals surface area (Å²) in [5.41, 5.74) is 4.42. The lowest BCUT2D eigenvalue weighted by molar-refractivity contribution is 0.413. The van der Waals surface area contributed by atoms with Gasteiger partial charge in [-0.2, -0.15) is 0 Å². The molecule has 0 radical (unpaired) electrons. The summed E-state index contributed by atoms with van der Waals surface area (Å²) in [6.45, 7) is 8.10. The highest BCUT2D eigenvalue weighted by molar-refractivity contribution is 7.22. The minimum Gasteiger partial charge on any atom is -0.497 e. The molecule has 4 nitrogen and oxygen atoms in total. The molecule has 0 aliphatic carbocycles. The SMILES string of the molecule is C=C(C)N(C)c1c(C)ccc2sc(NC)nc12.COc1ccc(F)cc1. The Bertz CT molecular complexity index is 890. The highest BCUT2D eigenvalue weighted by Crippen LogP contribution is 2.35. The first kappa shape index (κ1) is 19.7. The Hall–Kier alpha value is -2.60. The monoisotopic (exact) mass is 373 g/mol. The van der Waals surface area contributed by atoms with Gasteiger partial charge >= 0.3 is 0 Å². The number of benzene rings is 2. The number of hydrogen-bond acceptors (Lipinski definition) is 5. The van der Waals surface area contributed by atoms with E-state index >= 15 is 0 Å². The van der Waals surface area contributed by atoms with Crippen LogP contribution in [0.4, 0.5) is 15.2 Å². The summed E-state index contributed by atoms with van der Waals surface area (Å²) < 4.78 is 18.2. The van der Waals surface area contributed by atoms with Crippen LogP contribution in [0.5, 0.6) is 5.75 Å². The molecule has 3 rings (SSSR count). The van der Waals surface area contributed by atoms with Crippen molar-refractivity contribution in [2.45, 2.75) is 13.8 Å². The number of rotatable bonds is 4. The van der Waals surface area contributed by atoms with Gasteiger partial charge in [-0.15, -0.1) is 0 Å². The van der Waals surface area contributed by atoms with E-state index < -0.39 is 0 Å². The number of hydrogen-bond donors (Lipinski definition) is 1. The molecular weight excluding hydrogens is 349 g/mol. The fraction of sp³-hybridized carbons (Fsp3) is 0.250. The summed E-state index contributed by atoms with van der Waals surface area (Å²) in [5.74, 6) is 0.437. The first-order valence-corrected chi connectivity index (χ1v) is 8.95. The molecule has 3 aromatic rings. The molecule has 26 heavy (non-hydrogen) atoms. The van der Waals surface area contributed by atoms with Crippen molar-refractivity contribution in [3.05, 3.63) is 60.1 Å². The van der Waals surface area contributed by atoms with E-state index in [2.05, 4.69) is 40.8 Å². The van der Waals surface area contributed by atoms with Crippen LogP contribution in [-0.2, 0) is 0 Å². The largest absolute Gasteiger partial charge is 0.497 e. The quantitative estimate of drug-likeness (QED) is 0.660. The molecular formula is C20H24FN3OS. The van der Waals surface area contributed by atoms with Gasteiger partial charge < -0.3 is 15.0 Å². The van der Waals surface area contributed by atoms with Crippen LogP contribution in [0.2, 0.25) is 0 Å². The van der Waals surface area contributed by atoms with Gasteiger partial charge in [-0.1, -0.05) is 24.0 Å². The Balaban J connectivity index is 0.000000228. The molecule has 6 heteroatoms. The second-order valence-electron chi connectivity index (χ2n) is 5.80. The summed E-state index contributed by atoms with van der Waals surface area (Å²) in [6.07, 6.45) is 0. The molecule has 2 aromatic carbocycles. The van der Waals surface area contributed by atoms with Gasteiger partial charge in [0.05, 0.1) is 17.5 Å². The third kappa shape index (κ3) is 4.52. The van der Waals surface area contributed by atoms with E-state index in [9.17, 15) is 4.39 Å². The van der Waals surface area contributed by atoms with Gasteiger partial charge in [0, 0.05) is 19.8 Å². The number of allylic oxidation sites excluding steroid dienone is 1. The van der Waals surface area contributed by atoms with Crippen LogP contribution < -0.4 is 15.0 Å². The zero-order valence-electron chi connectivity index (χ0n) is 15.8. The summed E-state index contributed by atoms with van der Waals surface area (Å²) in [4.78, 5) is 6.71. The molecule has 138 valence electrons. The highest BCUT2D eigenvalue weighted by atomic mass is 32.1. The van der Waals surface area contributed by atoms with E-state index in [1.54, 1.807) is 30.6 Å². The van der Waals surface area contributed by atoms with Crippen molar-refractivity contribution in [3.63, 3.8) is 0 Å². The summed E-state index contributed by atoms with van der Waals surface area (Å²) >= 11 is 1.67. The number of anilines is 2. The lowest BCUT2D eigenvalue weighted by Crippen LogP contribution is -2.14. The molecule has 0 unspecified atom stereocenters. The van der Waals surface area contributed by atoms with Crippen LogP contribution in [0.3, 0.4) is 0 Å². The second-order valence-corrected chi connectivity index (χ2v) is 6.83. The number of aromatic nitrogens is 1. The molecule has 0 spiro atoms. The molecule has 0 aliphatic heterocycles. The fourth-order valence-electron chi connectivity index (χ4n) is 2.37. The van der Waals surface area contributed by atoms with Gasteiger partial charge in [-0.3, -0.25) is 0 Å². The normalized spacial score (nSPS) is 10.1. The zero-order chi connectivity index (χ0) is 19.3. The van der Waals surface area contributed by atoms with E-state index in [0.29, 0.717) is 5.75 Å². The van der Waals surface area contributed by atoms with E-state index in [1.165, 1.54) is 22.4 Å². The van der Waals surface area contributed by atoms with Crippen LogP contribution in [0.25, 0.3) is 10.2 Å². The number of halogens is 1. The Morgan fingerprint density at radius 2 is 1.88 bits per heavy atom. The number of thiazole rings is 1. The minimum atomic E-state index is -0.240. The molecule has 0 atom stereocenters. The van der Waals surface area contributed by atoms with Crippen molar-refractivity contribution in [1.29, 1.82) is 0 Å². The van der Waals surface area contributed by atoms with Gasteiger partial charge in [0.1, 0.15) is 17.1 Å². The van der Waals surface area contributed by atoms with E-state index in [0.717, 1.165) is 22.0 Å². The van der Waals surface area contributed by atoms with Crippen molar-refractivity contribution in [2.75, 3.05) is 31.4 Å². The van der Waals surface area contributed by atoms with Crippen LogP contribution in [-0.4, -0.2) is 26.2 Å². The highest BCUT2D eigenvalue weighted by Gasteiger charge is 2.14. The van der Waals surface area contributed by atoms with E-state index in [1.807, 2.05) is 21.0 Å². The van der Waals surface area contributed by atoms with Gasteiger partial charge in [0.2, 0.25) is 0 Å². The number of methoxy groups -OCH3 is 1. The third-order valence-corrected chi connectivity index (χ3v) is 4.95. The average molecular weight is 373 g/mol. The maximum Gasteiger partial charge on any atom is 0.183 e. The summed E-state index contributed by atoms with van der Waals surface area (Å²) in [7, 11) is 5.47. The van der Waals surface area contributed by atoms with Crippen LogP contribution in [0.1, 0.15) is 12.5 Å². The Morgan fingerprint density at radius 3 is 2.42 bits per heavy atom. The number of nitrogens with one attached hydrogen (secondary N) is 1. The number of ether oxygens (including phenoxy) is 1. The molecule has 1 heterocycles. The number of aryl methyl sites for hydroxylation is 1. The molecule has 1 N–H and O–H groups in total. The molecule has 0 amide bonds. The molecule has 0 aliphatic rings. The van der Waals surface area contributed by atoms with Crippen molar-refractivity contribution < 1.29 is 9.13 Å². The standard InChI is InChI=1S/C13H17N3S.C7H7FO/c1-8(2)16(5)12-9(3)6-7-10-11(12)15-13(14-4)17-10;1-9-7-4-2-6(8)3-5-7/h6-7H,1H2,2-5H3,(H,14,15);2-5H,1H3.